The molecule has 0 aliphatic heterocycles. The number of unbranched alkanes of at least 4 members (excludes halogenated alkanes) is 5. The van der Waals surface area contributed by atoms with E-state index < -0.39 is 0 Å². The summed E-state index contributed by atoms with van der Waals surface area (Å²) < 4.78 is 0. The van der Waals surface area contributed by atoms with Gasteiger partial charge in [-0.05, 0) is 32.6 Å². The number of hydrogen-bond donors (Lipinski definition) is 1. The third kappa shape index (κ3) is 9.28. The number of allylic oxidation sites excluding steroid dienone is 3. The van der Waals surface area contributed by atoms with Crippen LogP contribution in [-0.4, -0.2) is 5.11 Å². The fraction of sp³-hybridized carbons (Fsp3) is 0.636. The first-order chi connectivity index (χ1) is 5.91. The quantitative estimate of drug-likeness (QED) is 0.346. The second kappa shape index (κ2) is 10.3. The molecule has 0 fully saturated rings. The van der Waals surface area contributed by atoms with Crippen LogP contribution >= 0.6 is 0 Å². The zero-order valence-electron chi connectivity index (χ0n) is 8.00. The van der Waals surface area contributed by atoms with Crippen LogP contribution in [0, 0.1) is 0 Å². The Morgan fingerprint density at radius 3 is 2.00 bits per heavy atom. The van der Waals surface area contributed by atoms with E-state index in [0.29, 0.717) is 0 Å². The zero-order valence-corrected chi connectivity index (χ0v) is 8.00. The molecule has 0 aromatic carbocycles. The van der Waals surface area contributed by atoms with Crippen LogP contribution < -0.4 is 0 Å². The van der Waals surface area contributed by atoms with E-state index in [4.69, 9.17) is 5.11 Å². The van der Waals surface area contributed by atoms with Crippen molar-refractivity contribution in [1.29, 1.82) is 0 Å². The molecule has 0 aromatic heterocycles. The van der Waals surface area contributed by atoms with E-state index in [1.165, 1.54) is 32.1 Å². The van der Waals surface area contributed by atoms with E-state index in [9.17, 15) is 0 Å². The molecule has 0 heterocycles. The predicted octanol–water partition coefficient (Wildman–Crippen LogP) is 3.97. The van der Waals surface area contributed by atoms with E-state index in [0.717, 1.165) is 12.7 Å². The summed E-state index contributed by atoms with van der Waals surface area (Å²) in [5.74, 6) is 0. The maximum Gasteiger partial charge on any atom is 0.0751 e. The first-order valence-electron chi connectivity index (χ1n) is 4.82. The van der Waals surface area contributed by atoms with Crippen molar-refractivity contribution in [3.63, 3.8) is 0 Å². The molecule has 1 nitrogen and oxygen atoms in total. The number of aliphatic hydroxyl groups is 1. The van der Waals surface area contributed by atoms with Crippen molar-refractivity contribution in [2.45, 2.75) is 45.4 Å². The van der Waals surface area contributed by atoms with Crippen LogP contribution in [0.4, 0.5) is 0 Å². The normalized spacial score (nSPS) is 11.8. The third-order valence-corrected chi connectivity index (χ3v) is 1.83. The molecule has 0 aromatic rings. The highest BCUT2D eigenvalue weighted by molar-refractivity contribution is 4.76. The Morgan fingerprint density at radius 1 is 0.917 bits per heavy atom. The summed E-state index contributed by atoms with van der Waals surface area (Å²) in [4.78, 5) is 0. The first kappa shape index (κ1) is 11.3. The highest BCUT2D eigenvalue weighted by atomic mass is 16.2. The van der Waals surface area contributed by atoms with Crippen molar-refractivity contribution in [1.82, 2.24) is 0 Å². The van der Waals surface area contributed by atoms with E-state index in [-0.39, 0.29) is 0 Å². The molecule has 0 rings (SSSR count). The van der Waals surface area contributed by atoms with Gasteiger partial charge in [0.1, 0.15) is 0 Å². The van der Waals surface area contributed by atoms with Gasteiger partial charge in [-0.15, -0.1) is 0 Å². The minimum atomic E-state index is 1.01. The molecule has 0 atom stereocenters. The monoisotopic (exact) mass is 168 g/mol. The van der Waals surface area contributed by atoms with Gasteiger partial charge < -0.3 is 5.11 Å². The molecule has 0 unspecified atom stereocenters. The molecule has 70 valence electrons. The molecule has 12 heavy (non-hydrogen) atoms. The summed E-state index contributed by atoms with van der Waals surface area (Å²) in [7, 11) is 0. The van der Waals surface area contributed by atoms with E-state index >= 15 is 0 Å². The Balaban J connectivity index is 2.91. The second-order valence-corrected chi connectivity index (χ2v) is 2.95. The van der Waals surface area contributed by atoms with E-state index in [1.807, 2.05) is 6.08 Å². The van der Waals surface area contributed by atoms with Crippen molar-refractivity contribution in [2.75, 3.05) is 0 Å². The van der Waals surface area contributed by atoms with Gasteiger partial charge in [-0.2, -0.15) is 0 Å². The first-order valence-corrected chi connectivity index (χ1v) is 4.82. The Bertz CT molecular complexity index is 109. The van der Waals surface area contributed by atoms with Crippen molar-refractivity contribution >= 4 is 0 Å². The summed E-state index contributed by atoms with van der Waals surface area (Å²) in [5.41, 5.74) is 0. The number of hydrogen-bond acceptors (Lipinski definition) is 1. The van der Waals surface area contributed by atoms with Crippen LogP contribution in [-0.2, 0) is 0 Å². The van der Waals surface area contributed by atoms with Crippen LogP contribution in [0.25, 0.3) is 0 Å². The van der Waals surface area contributed by atoms with Crippen LogP contribution in [0.2, 0.25) is 0 Å². The maximum atomic E-state index is 8.35. The van der Waals surface area contributed by atoms with Crippen molar-refractivity contribution in [2.24, 2.45) is 0 Å². The molecule has 0 saturated heterocycles. The largest absolute Gasteiger partial charge is 0.516 e. The molecule has 0 radical (unpaired) electrons. The molecular weight excluding hydrogens is 148 g/mol. The summed E-state index contributed by atoms with van der Waals surface area (Å²) in [6, 6.07) is 0. The molecule has 0 spiro atoms. The maximum absolute atomic E-state index is 8.35. The number of aliphatic hydroxyl groups excluding tert-OH is 1. The van der Waals surface area contributed by atoms with Gasteiger partial charge in [-0.25, -0.2) is 0 Å². The summed E-state index contributed by atoms with van der Waals surface area (Å²) in [6.07, 6.45) is 14.6. The van der Waals surface area contributed by atoms with Crippen LogP contribution in [0.1, 0.15) is 45.4 Å². The standard InChI is InChI=1S/C11H20O/c1-2-3-4-5-6-7-8-9-10-11-12/h2-3,10-12H,4-9H2,1H3/b3-2+,11-10+. The van der Waals surface area contributed by atoms with Gasteiger partial charge in [0.2, 0.25) is 0 Å². The fourth-order valence-electron chi connectivity index (χ4n) is 1.12. The second-order valence-electron chi connectivity index (χ2n) is 2.95. The highest BCUT2D eigenvalue weighted by Gasteiger charge is 1.86. The van der Waals surface area contributed by atoms with Gasteiger partial charge in [0.25, 0.3) is 0 Å². The summed E-state index contributed by atoms with van der Waals surface area (Å²) >= 11 is 0. The zero-order chi connectivity index (χ0) is 9.07. The highest BCUT2D eigenvalue weighted by Crippen LogP contribution is 2.05. The van der Waals surface area contributed by atoms with Gasteiger partial charge in [0, 0.05) is 0 Å². The molecule has 0 saturated carbocycles. The Kier molecular flexibility index (Phi) is 9.66. The average Bonchev–Trinajstić information content (AvgIpc) is 2.10. The Hall–Kier alpha value is -0.720. The van der Waals surface area contributed by atoms with Gasteiger partial charge in [-0.3, -0.25) is 0 Å². The lowest BCUT2D eigenvalue weighted by molar-refractivity contribution is 0.469. The molecule has 1 N–H and O–H groups in total. The van der Waals surface area contributed by atoms with Gasteiger partial charge in [-0.1, -0.05) is 31.1 Å². The minimum absolute atomic E-state index is 1.01. The molecular formula is C11H20O. The topological polar surface area (TPSA) is 20.2 Å². The molecule has 0 bridgehead atoms. The van der Waals surface area contributed by atoms with E-state index in [1.54, 1.807) is 0 Å². The minimum Gasteiger partial charge on any atom is -0.516 e. The Labute approximate surface area is 75.8 Å². The lowest BCUT2D eigenvalue weighted by atomic mass is 10.1. The van der Waals surface area contributed by atoms with Crippen molar-refractivity contribution in [3.05, 3.63) is 24.5 Å². The molecule has 1 heteroatoms. The smallest absolute Gasteiger partial charge is 0.0751 e. The van der Waals surface area contributed by atoms with Gasteiger partial charge >= 0.3 is 0 Å². The number of rotatable bonds is 7. The third-order valence-electron chi connectivity index (χ3n) is 1.83. The molecule has 0 aliphatic carbocycles. The summed E-state index contributed by atoms with van der Waals surface area (Å²) in [6.45, 7) is 2.06. The van der Waals surface area contributed by atoms with Crippen LogP contribution in [0.5, 0.6) is 0 Å². The lowest BCUT2D eigenvalue weighted by Crippen LogP contribution is -1.76. The predicted molar refractivity (Wildman–Crippen MR) is 54.3 cm³/mol. The summed E-state index contributed by atoms with van der Waals surface area (Å²) in [5, 5.41) is 8.35. The van der Waals surface area contributed by atoms with Gasteiger partial charge in [0.15, 0.2) is 0 Å². The van der Waals surface area contributed by atoms with Crippen LogP contribution in [0.3, 0.4) is 0 Å². The van der Waals surface area contributed by atoms with Crippen LogP contribution in [0.15, 0.2) is 24.5 Å². The van der Waals surface area contributed by atoms with Crippen molar-refractivity contribution in [3.8, 4) is 0 Å². The van der Waals surface area contributed by atoms with Crippen molar-refractivity contribution < 1.29 is 5.11 Å². The fourth-order valence-corrected chi connectivity index (χ4v) is 1.12. The van der Waals surface area contributed by atoms with Gasteiger partial charge in [0.05, 0.1) is 6.26 Å². The molecule has 0 aliphatic rings. The SMILES string of the molecule is C/C=C/CCCCCC/C=C/O. The van der Waals surface area contributed by atoms with E-state index in [2.05, 4.69) is 19.1 Å². The lowest BCUT2D eigenvalue weighted by Gasteiger charge is -1.95. The average molecular weight is 168 g/mol. The molecule has 0 amide bonds. The Morgan fingerprint density at radius 2 is 1.50 bits per heavy atom.